The average Bonchev–Trinajstić information content (AvgIpc) is 3.53. The molecule has 4 rings (SSSR count). The minimum absolute atomic E-state index is 0.277. The highest BCUT2D eigenvalue weighted by Crippen LogP contribution is 2.31. The van der Waals surface area contributed by atoms with Crippen LogP contribution in [-0.2, 0) is 11.4 Å². The monoisotopic (exact) mass is 386 g/mol. The number of anilines is 1. The molecule has 0 atom stereocenters. The molecule has 1 aromatic heterocycles. The fourth-order valence-corrected chi connectivity index (χ4v) is 3.51. The predicted molar refractivity (Wildman–Crippen MR) is 104 cm³/mol. The van der Waals surface area contributed by atoms with Crippen molar-refractivity contribution in [1.82, 2.24) is 14.9 Å². The van der Waals surface area contributed by atoms with Crippen LogP contribution in [0.4, 0.5) is 5.82 Å². The topological polar surface area (TPSA) is 58.6 Å². The minimum atomic E-state index is 0.277. The summed E-state index contributed by atoms with van der Waals surface area (Å²) in [6.07, 6.45) is 6.42. The van der Waals surface area contributed by atoms with Crippen LogP contribution in [0.15, 0.2) is 36.7 Å². The quantitative estimate of drug-likeness (QED) is 0.790. The summed E-state index contributed by atoms with van der Waals surface area (Å²) in [6.45, 7) is 3.59. The van der Waals surface area contributed by atoms with Crippen molar-refractivity contribution in [2.45, 2.75) is 25.9 Å². The number of hydrogen-bond donors (Lipinski definition) is 0. The van der Waals surface area contributed by atoms with E-state index in [9.17, 15) is 4.79 Å². The molecule has 6 nitrogen and oxygen atoms in total. The molecule has 1 aromatic carbocycles. The van der Waals surface area contributed by atoms with Crippen molar-refractivity contribution in [2.24, 2.45) is 5.92 Å². The van der Waals surface area contributed by atoms with Gasteiger partial charge in [-0.3, -0.25) is 9.78 Å². The lowest BCUT2D eigenvalue weighted by atomic mass is 10.2. The van der Waals surface area contributed by atoms with E-state index >= 15 is 0 Å². The molecule has 0 N–H and O–H groups in total. The molecule has 1 saturated carbocycles. The summed E-state index contributed by atoms with van der Waals surface area (Å²) in [6, 6.07) is 7.57. The zero-order valence-corrected chi connectivity index (χ0v) is 15.9. The van der Waals surface area contributed by atoms with Crippen molar-refractivity contribution in [2.75, 3.05) is 31.1 Å². The number of nitrogens with zero attached hydrogens (tertiary/aromatic N) is 4. The van der Waals surface area contributed by atoms with Crippen LogP contribution in [0.2, 0.25) is 5.02 Å². The Morgan fingerprint density at radius 3 is 2.89 bits per heavy atom. The van der Waals surface area contributed by atoms with Crippen LogP contribution in [-0.4, -0.2) is 47.0 Å². The molecule has 1 aliphatic heterocycles. The first-order valence-electron chi connectivity index (χ1n) is 9.42. The molecule has 2 aromatic rings. The summed E-state index contributed by atoms with van der Waals surface area (Å²) in [5.41, 5.74) is 0.985. The fraction of sp³-hybridized carbons (Fsp3) is 0.450. The Morgan fingerprint density at radius 2 is 2.07 bits per heavy atom. The molecule has 0 radical (unpaired) electrons. The first-order valence-corrected chi connectivity index (χ1v) is 9.80. The van der Waals surface area contributed by atoms with Gasteiger partial charge in [-0.25, -0.2) is 0 Å². The number of ether oxygens (including phenoxy) is 1. The second-order valence-electron chi connectivity index (χ2n) is 7.07. The molecule has 2 fully saturated rings. The van der Waals surface area contributed by atoms with E-state index in [2.05, 4.69) is 14.9 Å². The predicted octanol–water partition coefficient (Wildman–Crippen LogP) is 3.16. The van der Waals surface area contributed by atoms with Crippen molar-refractivity contribution in [1.29, 1.82) is 0 Å². The van der Waals surface area contributed by atoms with Crippen molar-refractivity contribution in [3.63, 3.8) is 0 Å². The number of halogens is 1. The number of carbonyl (C=O) groups excluding carboxylic acids is 1. The lowest BCUT2D eigenvalue weighted by Gasteiger charge is -2.23. The molecule has 142 valence electrons. The molecule has 7 heteroatoms. The van der Waals surface area contributed by atoms with Crippen LogP contribution in [0.25, 0.3) is 0 Å². The molecule has 0 unspecified atom stereocenters. The molecular weight excluding hydrogens is 364 g/mol. The zero-order chi connectivity index (χ0) is 18.6. The highest BCUT2D eigenvalue weighted by Gasteiger charge is 2.34. The van der Waals surface area contributed by atoms with Gasteiger partial charge in [0.25, 0.3) is 0 Å². The Labute approximate surface area is 164 Å². The van der Waals surface area contributed by atoms with Gasteiger partial charge in [-0.05, 0) is 37.0 Å². The van der Waals surface area contributed by atoms with Crippen molar-refractivity contribution >= 4 is 23.3 Å². The van der Waals surface area contributed by atoms with Gasteiger partial charge in [-0.1, -0.05) is 23.7 Å². The lowest BCUT2D eigenvalue weighted by Crippen LogP contribution is -2.36. The molecule has 27 heavy (non-hydrogen) atoms. The van der Waals surface area contributed by atoms with Gasteiger partial charge in [0.2, 0.25) is 11.8 Å². The number of carbonyl (C=O) groups is 1. The van der Waals surface area contributed by atoms with E-state index in [1.165, 1.54) is 0 Å². The van der Waals surface area contributed by atoms with Crippen LogP contribution in [0.1, 0.15) is 24.8 Å². The third-order valence-electron chi connectivity index (χ3n) is 4.93. The second kappa shape index (κ2) is 8.13. The molecule has 0 spiro atoms. The standard InChI is InChI=1S/C20H23ClN4O2/c21-17-4-1-3-15(11-17)14-27-19-13-22-12-18(23-19)24-7-2-8-25(10-9-24)20(26)16-5-6-16/h1,3-4,11-13,16H,2,5-10,14H2. The largest absolute Gasteiger partial charge is 0.472 e. The molecule has 0 bridgehead atoms. The van der Waals surface area contributed by atoms with Gasteiger partial charge < -0.3 is 14.5 Å². The van der Waals surface area contributed by atoms with Crippen LogP contribution in [0.3, 0.4) is 0 Å². The Morgan fingerprint density at radius 1 is 1.19 bits per heavy atom. The molecule has 1 saturated heterocycles. The van der Waals surface area contributed by atoms with Crippen molar-refractivity contribution < 1.29 is 9.53 Å². The Hall–Kier alpha value is -2.34. The molecule has 2 aliphatic rings. The zero-order valence-electron chi connectivity index (χ0n) is 15.2. The van der Waals surface area contributed by atoms with Crippen LogP contribution < -0.4 is 9.64 Å². The van der Waals surface area contributed by atoms with Crippen LogP contribution in [0.5, 0.6) is 5.88 Å². The van der Waals surface area contributed by atoms with Gasteiger partial charge in [0.1, 0.15) is 6.61 Å². The fourth-order valence-electron chi connectivity index (χ4n) is 3.30. The SMILES string of the molecule is O=C(C1CC1)N1CCCN(c2cncc(OCc3cccc(Cl)c3)n2)CC1. The van der Waals surface area contributed by atoms with E-state index in [-0.39, 0.29) is 5.92 Å². The van der Waals surface area contributed by atoms with Gasteiger partial charge in [-0.2, -0.15) is 4.98 Å². The van der Waals surface area contributed by atoms with E-state index in [1.807, 2.05) is 29.2 Å². The highest BCUT2D eigenvalue weighted by molar-refractivity contribution is 6.30. The first kappa shape index (κ1) is 18.0. The Kier molecular flexibility index (Phi) is 5.43. The lowest BCUT2D eigenvalue weighted by molar-refractivity contribution is -0.132. The third-order valence-corrected chi connectivity index (χ3v) is 5.17. The highest BCUT2D eigenvalue weighted by atomic mass is 35.5. The van der Waals surface area contributed by atoms with E-state index in [4.69, 9.17) is 16.3 Å². The van der Waals surface area contributed by atoms with Gasteiger partial charge in [-0.15, -0.1) is 0 Å². The van der Waals surface area contributed by atoms with Crippen molar-refractivity contribution in [3.8, 4) is 5.88 Å². The van der Waals surface area contributed by atoms with Gasteiger partial charge in [0.05, 0.1) is 12.4 Å². The van der Waals surface area contributed by atoms with Gasteiger partial charge in [0, 0.05) is 37.1 Å². The smallest absolute Gasteiger partial charge is 0.234 e. The normalized spacial score (nSPS) is 17.5. The molecular formula is C20H23ClN4O2. The number of aromatic nitrogens is 2. The summed E-state index contributed by atoms with van der Waals surface area (Å²) < 4.78 is 5.79. The maximum atomic E-state index is 12.3. The van der Waals surface area contributed by atoms with E-state index in [0.29, 0.717) is 23.4 Å². The summed E-state index contributed by atoms with van der Waals surface area (Å²) >= 11 is 6.01. The van der Waals surface area contributed by atoms with Gasteiger partial charge >= 0.3 is 0 Å². The molecule has 1 amide bonds. The first-order chi connectivity index (χ1) is 13.2. The van der Waals surface area contributed by atoms with E-state index < -0.39 is 0 Å². The summed E-state index contributed by atoms with van der Waals surface area (Å²) in [7, 11) is 0. The minimum Gasteiger partial charge on any atom is -0.472 e. The number of benzene rings is 1. The summed E-state index contributed by atoms with van der Waals surface area (Å²) in [5, 5.41) is 0.686. The number of hydrogen-bond acceptors (Lipinski definition) is 5. The third kappa shape index (κ3) is 4.69. The van der Waals surface area contributed by atoms with E-state index in [1.54, 1.807) is 12.4 Å². The van der Waals surface area contributed by atoms with Crippen LogP contribution in [0, 0.1) is 5.92 Å². The summed E-state index contributed by atoms with van der Waals surface area (Å²) in [4.78, 5) is 25.4. The maximum Gasteiger partial charge on any atom is 0.234 e. The summed E-state index contributed by atoms with van der Waals surface area (Å²) in [5.74, 6) is 1.88. The second-order valence-corrected chi connectivity index (χ2v) is 7.51. The Balaban J connectivity index is 1.37. The molecule has 2 heterocycles. The maximum absolute atomic E-state index is 12.3. The van der Waals surface area contributed by atoms with Gasteiger partial charge in [0.15, 0.2) is 5.82 Å². The van der Waals surface area contributed by atoms with E-state index in [0.717, 1.165) is 56.8 Å². The number of rotatable bonds is 5. The average molecular weight is 387 g/mol. The van der Waals surface area contributed by atoms with Crippen molar-refractivity contribution in [3.05, 3.63) is 47.2 Å². The number of amides is 1. The van der Waals surface area contributed by atoms with Crippen LogP contribution >= 0.6 is 11.6 Å². The molecule has 1 aliphatic carbocycles. The Bertz CT molecular complexity index is 812.